The van der Waals surface area contributed by atoms with Gasteiger partial charge in [-0.05, 0) is 61.4 Å². The number of hydrogen-bond donors (Lipinski definition) is 0. The van der Waals surface area contributed by atoms with Crippen molar-refractivity contribution < 1.29 is 23.0 Å². The number of ether oxygens (including phenoxy) is 2. The SMILES string of the molecule is CC(C)OC(=O)c1cccnc1N1CCN(Cc2ccc(OCc3ccc(F)c(F)c3)cc2)CC1. The molecule has 0 unspecified atom stereocenters. The Morgan fingerprint density at radius 1 is 0.971 bits per heavy atom. The van der Waals surface area contributed by atoms with Gasteiger partial charge in [-0.1, -0.05) is 18.2 Å². The van der Waals surface area contributed by atoms with Crippen LogP contribution >= 0.6 is 0 Å². The van der Waals surface area contributed by atoms with E-state index in [1.165, 1.54) is 6.07 Å². The average Bonchev–Trinajstić information content (AvgIpc) is 2.86. The first-order valence-electron chi connectivity index (χ1n) is 11.7. The molecule has 0 atom stereocenters. The first-order valence-corrected chi connectivity index (χ1v) is 11.7. The normalized spacial score (nSPS) is 14.3. The van der Waals surface area contributed by atoms with E-state index in [4.69, 9.17) is 9.47 Å². The van der Waals surface area contributed by atoms with Crippen LogP contribution in [0.3, 0.4) is 0 Å². The van der Waals surface area contributed by atoms with Gasteiger partial charge in [-0.2, -0.15) is 0 Å². The highest BCUT2D eigenvalue weighted by Crippen LogP contribution is 2.22. The molecule has 184 valence electrons. The van der Waals surface area contributed by atoms with Gasteiger partial charge < -0.3 is 14.4 Å². The van der Waals surface area contributed by atoms with Crippen molar-refractivity contribution in [3.8, 4) is 5.75 Å². The van der Waals surface area contributed by atoms with Crippen LogP contribution in [0.5, 0.6) is 5.75 Å². The lowest BCUT2D eigenvalue weighted by Gasteiger charge is -2.36. The third-order valence-electron chi connectivity index (χ3n) is 5.74. The second-order valence-electron chi connectivity index (χ2n) is 8.77. The minimum atomic E-state index is -0.878. The Balaban J connectivity index is 1.28. The summed E-state index contributed by atoms with van der Waals surface area (Å²) in [6, 6.07) is 15.0. The fraction of sp³-hybridized carbons (Fsp3) is 0.333. The Morgan fingerprint density at radius 3 is 2.37 bits per heavy atom. The Hall–Kier alpha value is -3.52. The van der Waals surface area contributed by atoms with Crippen molar-refractivity contribution in [2.75, 3.05) is 31.1 Å². The molecule has 0 bridgehead atoms. The van der Waals surface area contributed by atoms with E-state index in [2.05, 4.69) is 14.8 Å². The summed E-state index contributed by atoms with van der Waals surface area (Å²) in [4.78, 5) is 21.4. The molecule has 0 spiro atoms. The fourth-order valence-electron chi connectivity index (χ4n) is 3.95. The highest BCUT2D eigenvalue weighted by molar-refractivity contribution is 5.94. The molecule has 6 nitrogen and oxygen atoms in total. The van der Waals surface area contributed by atoms with E-state index in [0.29, 0.717) is 22.7 Å². The van der Waals surface area contributed by atoms with Crippen LogP contribution in [0, 0.1) is 11.6 Å². The van der Waals surface area contributed by atoms with Gasteiger partial charge in [0.15, 0.2) is 11.6 Å². The minimum absolute atomic E-state index is 0.165. The third-order valence-corrected chi connectivity index (χ3v) is 5.74. The minimum Gasteiger partial charge on any atom is -0.489 e. The number of carbonyl (C=O) groups excluding carboxylic acids is 1. The number of benzene rings is 2. The number of hydrogen-bond acceptors (Lipinski definition) is 6. The molecule has 35 heavy (non-hydrogen) atoms. The van der Waals surface area contributed by atoms with E-state index in [1.54, 1.807) is 18.3 Å². The van der Waals surface area contributed by atoms with Crippen molar-refractivity contribution in [1.29, 1.82) is 0 Å². The number of carbonyl (C=O) groups is 1. The smallest absolute Gasteiger partial charge is 0.342 e. The van der Waals surface area contributed by atoms with Gasteiger partial charge in [-0.25, -0.2) is 18.6 Å². The summed E-state index contributed by atoms with van der Waals surface area (Å²) in [6.45, 7) is 7.81. The molecule has 1 aromatic heterocycles. The van der Waals surface area contributed by atoms with E-state index in [-0.39, 0.29) is 18.7 Å². The molecule has 2 heterocycles. The Labute approximate surface area is 204 Å². The highest BCUT2D eigenvalue weighted by Gasteiger charge is 2.23. The summed E-state index contributed by atoms with van der Waals surface area (Å²) in [5.41, 5.74) is 2.21. The van der Waals surface area contributed by atoms with Crippen LogP contribution in [-0.4, -0.2) is 48.1 Å². The third kappa shape index (κ3) is 6.54. The van der Waals surface area contributed by atoms with Crippen molar-refractivity contribution >= 4 is 11.8 Å². The van der Waals surface area contributed by atoms with Gasteiger partial charge in [-0.3, -0.25) is 4.90 Å². The molecule has 8 heteroatoms. The molecule has 1 saturated heterocycles. The molecule has 0 N–H and O–H groups in total. The van der Waals surface area contributed by atoms with E-state index < -0.39 is 11.6 Å². The highest BCUT2D eigenvalue weighted by atomic mass is 19.2. The lowest BCUT2D eigenvalue weighted by atomic mass is 10.1. The molecule has 3 aromatic rings. The van der Waals surface area contributed by atoms with Gasteiger partial charge in [0.2, 0.25) is 0 Å². The number of anilines is 1. The van der Waals surface area contributed by atoms with Gasteiger partial charge in [0.25, 0.3) is 0 Å². The molecule has 0 radical (unpaired) electrons. The molecule has 4 rings (SSSR count). The second kappa shape index (κ2) is 11.3. The summed E-state index contributed by atoms with van der Waals surface area (Å²) in [5, 5.41) is 0. The van der Waals surface area contributed by atoms with Crippen molar-refractivity contribution in [2.45, 2.75) is 33.1 Å². The fourth-order valence-corrected chi connectivity index (χ4v) is 3.95. The molecule has 0 amide bonds. The van der Waals surface area contributed by atoms with E-state index in [0.717, 1.165) is 50.4 Å². The van der Waals surface area contributed by atoms with Crippen LogP contribution in [0.25, 0.3) is 0 Å². The molecule has 0 saturated carbocycles. The number of halogens is 2. The van der Waals surface area contributed by atoms with Crippen molar-refractivity contribution in [2.24, 2.45) is 0 Å². The van der Waals surface area contributed by atoms with Crippen molar-refractivity contribution in [3.63, 3.8) is 0 Å². The van der Waals surface area contributed by atoms with Crippen LogP contribution in [-0.2, 0) is 17.9 Å². The number of pyridine rings is 1. The maximum absolute atomic E-state index is 13.3. The first-order chi connectivity index (χ1) is 16.9. The van der Waals surface area contributed by atoms with E-state index in [9.17, 15) is 13.6 Å². The maximum atomic E-state index is 13.3. The van der Waals surface area contributed by atoms with Gasteiger partial charge in [0.05, 0.1) is 6.10 Å². The molecular formula is C27H29F2N3O3. The number of piperazine rings is 1. The van der Waals surface area contributed by atoms with Gasteiger partial charge in [0, 0.05) is 38.9 Å². The van der Waals surface area contributed by atoms with Crippen LogP contribution in [0.2, 0.25) is 0 Å². The second-order valence-corrected chi connectivity index (χ2v) is 8.77. The number of esters is 1. The standard InChI is InChI=1S/C27H29F2N3O3/c1-19(2)35-27(33)23-4-3-11-30-26(23)32-14-12-31(13-15-32)17-20-5-8-22(9-6-20)34-18-21-7-10-24(28)25(29)16-21/h3-11,16,19H,12-15,17-18H2,1-2H3. The average molecular weight is 482 g/mol. The number of nitrogens with zero attached hydrogens (tertiary/aromatic N) is 3. The molecule has 0 aliphatic carbocycles. The van der Waals surface area contributed by atoms with E-state index in [1.807, 2.05) is 38.1 Å². The Morgan fingerprint density at radius 2 is 1.69 bits per heavy atom. The monoisotopic (exact) mass is 481 g/mol. The number of rotatable bonds is 8. The molecule has 1 aliphatic rings. The summed E-state index contributed by atoms with van der Waals surface area (Å²) >= 11 is 0. The predicted octanol–water partition coefficient (Wildman–Crippen LogP) is 4.83. The topological polar surface area (TPSA) is 54.9 Å². The summed E-state index contributed by atoms with van der Waals surface area (Å²) in [5.74, 6) is -0.763. The van der Waals surface area contributed by atoms with Crippen LogP contribution in [0.15, 0.2) is 60.8 Å². The molecule has 1 fully saturated rings. The van der Waals surface area contributed by atoms with Crippen molar-refractivity contribution in [1.82, 2.24) is 9.88 Å². The Bertz CT molecular complexity index is 1150. The maximum Gasteiger partial charge on any atom is 0.342 e. The predicted molar refractivity (Wildman–Crippen MR) is 129 cm³/mol. The van der Waals surface area contributed by atoms with Crippen molar-refractivity contribution in [3.05, 3.63) is 89.1 Å². The summed E-state index contributed by atoms with van der Waals surface area (Å²) < 4.78 is 37.5. The Kier molecular flexibility index (Phi) is 7.92. The van der Waals surface area contributed by atoms with Crippen LogP contribution in [0.4, 0.5) is 14.6 Å². The first kappa shape index (κ1) is 24.6. The largest absolute Gasteiger partial charge is 0.489 e. The van der Waals surface area contributed by atoms with Crippen LogP contribution in [0.1, 0.15) is 35.3 Å². The zero-order chi connectivity index (χ0) is 24.8. The summed E-state index contributed by atoms with van der Waals surface area (Å²) in [7, 11) is 0. The zero-order valence-electron chi connectivity index (χ0n) is 19.9. The lowest BCUT2D eigenvalue weighted by Crippen LogP contribution is -2.46. The lowest BCUT2D eigenvalue weighted by molar-refractivity contribution is 0.0378. The van der Waals surface area contributed by atoms with Gasteiger partial charge in [-0.15, -0.1) is 0 Å². The van der Waals surface area contributed by atoms with Gasteiger partial charge in [0.1, 0.15) is 23.7 Å². The molecular weight excluding hydrogens is 452 g/mol. The van der Waals surface area contributed by atoms with E-state index >= 15 is 0 Å². The molecule has 2 aromatic carbocycles. The zero-order valence-corrected chi connectivity index (χ0v) is 19.9. The summed E-state index contributed by atoms with van der Waals surface area (Å²) in [6.07, 6.45) is 1.51. The molecule has 1 aliphatic heterocycles. The van der Waals surface area contributed by atoms with Gasteiger partial charge >= 0.3 is 5.97 Å². The number of aromatic nitrogens is 1. The quantitative estimate of drug-likeness (QED) is 0.430. The van der Waals surface area contributed by atoms with Crippen LogP contribution < -0.4 is 9.64 Å².